The first-order valence-corrected chi connectivity index (χ1v) is 25.4. The van der Waals surface area contributed by atoms with Gasteiger partial charge in [-0.1, -0.05) is 33.8 Å². The van der Waals surface area contributed by atoms with Gasteiger partial charge in [0.1, 0.15) is 52.3 Å². The summed E-state index contributed by atoms with van der Waals surface area (Å²) in [5, 5.41) is 2.64. The number of hydrogen-bond acceptors (Lipinski definition) is 9. The number of amides is 3. The molecule has 0 saturated carbocycles. The fraction of sp³-hybridized carbons (Fsp3) is 0.444. The van der Waals surface area contributed by atoms with Crippen LogP contribution in [0.15, 0.2) is 54.6 Å². The lowest BCUT2D eigenvalue weighted by molar-refractivity contribution is -0.135. The van der Waals surface area contributed by atoms with Crippen LogP contribution in [0, 0.1) is 53.2 Å². The molecule has 4 aromatic carbocycles. The maximum atomic E-state index is 16.9. The maximum absolute atomic E-state index is 16.9. The van der Waals surface area contributed by atoms with Crippen molar-refractivity contribution in [3.05, 3.63) is 119 Å². The van der Waals surface area contributed by atoms with E-state index >= 15 is 17.6 Å². The second-order valence-corrected chi connectivity index (χ2v) is 20.5. The first-order valence-electron chi connectivity index (χ1n) is 25.4. The number of aromatic nitrogens is 4. The van der Waals surface area contributed by atoms with Gasteiger partial charge in [0, 0.05) is 68.2 Å². The number of nitrogens with zero attached hydrogens (tertiary/aromatic N) is 7. The highest BCUT2D eigenvalue weighted by atomic mass is 19.2. The van der Waals surface area contributed by atoms with Crippen LogP contribution in [0.4, 0.5) is 48.2 Å². The first-order chi connectivity index (χ1) is 35.5. The number of likely N-dealkylation sites (tertiary alicyclic amines) is 2. The number of anilines is 3. The molecule has 3 amide bonds. The van der Waals surface area contributed by atoms with E-state index in [1.807, 2.05) is 27.7 Å². The van der Waals surface area contributed by atoms with Crippen LogP contribution in [0.25, 0.3) is 22.1 Å². The molecular weight excluding hydrogens is 967 g/mol. The second-order valence-electron chi connectivity index (χ2n) is 20.5. The van der Waals surface area contributed by atoms with E-state index in [0.717, 1.165) is 30.7 Å². The molecule has 20 heteroatoms. The van der Waals surface area contributed by atoms with E-state index in [2.05, 4.69) is 15.3 Å². The Morgan fingerprint density at radius 3 is 1.61 bits per heavy atom. The van der Waals surface area contributed by atoms with Crippen molar-refractivity contribution in [1.82, 2.24) is 35.1 Å². The van der Waals surface area contributed by atoms with E-state index in [1.165, 1.54) is 35.1 Å². The normalized spacial score (nSPS) is 20.8. The van der Waals surface area contributed by atoms with Crippen molar-refractivity contribution in [3.8, 4) is 0 Å². The van der Waals surface area contributed by atoms with Crippen molar-refractivity contribution in [3.63, 3.8) is 0 Å². The van der Waals surface area contributed by atoms with Gasteiger partial charge in [-0.05, 0) is 86.8 Å². The summed E-state index contributed by atoms with van der Waals surface area (Å²) in [6.07, 6.45) is 4.04. The number of carbonyl (C=O) groups is 3. The molecule has 74 heavy (non-hydrogen) atoms. The lowest BCUT2D eigenvalue weighted by Crippen LogP contribution is -2.51. The zero-order valence-electron chi connectivity index (χ0n) is 41.8. The van der Waals surface area contributed by atoms with Crippen LogP contribution in [0.2, 0.25) is 0 Å². The summed E-state index contributed by atoms with van der Waals surface area (Å²) >= 11 is 0. The topological polar surface area (TPSA) is 146 Å². The van der Waals surface area contributed by atoms with Gasteiger partial charge in [-0.3, -0.25) is 9.59 Å². The molecule has 0 bridgehead atoms. The van der Waals surface area contributed by atoms with Crippen molar-refractivity contribution in [2.45, 2.75) is 96.4 Å². The number of H-pyrrole nitrogens is 2. The van der Waals surface area contributed by atoms with Crippen molar-refractivity contribution in [1.29, 1.82) is 0 Å². The predicted molar refractivity (Wildman–Crippen MR) is 267 cm³/mol. The summed E-state index contributed by atoms with van der Waals surface area (Å²) < 4.78 is 101. The lowest BCUT2D eigenvalue weighted by atomic mass is 10.0. The van der Waals surface area contributed by atoms with Gasteiger partial charge in [-0.15, -0.1) is 0 Å². The monoisotopic (exact) mass is 1030 g/mol. The van der Waals surface area contributed by atoms with Crippen LogP contribution in [0.3, 0.4) is 0 Å². The average Bonchev–Trinajstić information content (AvgIpc) is 4.22. The fourth-order valence-corrected chi connectivity index (χ4v) is 11.6. The molecule has 10 rings (SSSR count). The third kappa shape index (κ3) is 9.44. The summed E-state index contributed by atoms with van der Waals surface area (Å²) in [4.78, 5) is 63.5. The summed E-state index contributed by atoms with van der Waals surface area (Å²) in [7, 11) is 1.22. The Bertz CT molecular complexity index is 3080. The molecule has 4 aliphatic heterocycles. The van der Waals surface area contributed by atoms with Crippen LogP contribution in [0.5, 0.6) is 0 Å². The number of rotatable bonds is 12. The molecule has 3 N–H and O–H groups in total. The molecular formula is C54H59F6N10O4. The lowest BCUT2D eigenvalue weighted by Gasteiger charge is -2.38. The van der Waals surface area contributed by atoms with Crippen molar-refractivity contribution >= 4 is 57.0 Å². The van der Waals surface area contributed by atoms with Gasteiger partial charge < -0.3 is 44.5 Å². The van der Waals surface area contributed by atoms with Crippen molar-refractivity contribution in [2.24, 2.45) is 11.8 Å². The molecule has 14 nitrogen and oxygen atoms in total. The number of ether oxygens (including phenoxy) is 1. The molecule has 6 heterocycles. The van der Waals surface area contributed by atoms with Crippen LogP contribution in [-0.4, -0.2) is 100 Å². The highest BCUT2D eigenvalue weighted by Crippen LogP contribution is 2.50. The van der Waals surface area contributed by atoms with E-state index in [9.17, 15) is 23.2 Å². The van der Waals surface area contributed by atoms with E-state index in [0.29, 0.717) is 60.6 Å². The minimum atomic E-state index is -0.930. The quantitative estimate of drug-likeness (QED) is 0.102. The van der Waals surface area contributed by atoms with Gasteiger partial charge >= 0.3 is 6.09 Å². The molecule has 1 radical (unpaired) electrons. The number of alkyl carbamates (subject to hydrolysis) is 1. The van der Waals surface area contributed by atoms with E-state index in [1.54, 1.807) is 33.3 Å². The van der Waals surface area contributed by atoms with Gasteiger partial charge in [0.2, 0.25) is 11.8 Å². The fourth-order valence-electron chi connectivity index (χ4n) is 11.6. The predicted octanol–water partition coefficient (Wildman–Crippen LogP) is 10.3. The number of hydrogen-bond donors (Lipinski definition) is 3. The van der Waals surface area contributed by atoms with Crippen LogP contribution >= 0.6 is 0 Å². The Morgan fingerprint density at radius 2 is 1.12 bits per heavy atom. The van der Waals surface area contributed by atoms with Crippen LogP contribution < -0.4 is 20.0 Å². The molecule has 0 aliphatic carbocycles. The van der Waals surface area contributed by atoms with Gasteiger partial charge in [-0.2, -0.15) is 0 Å². The van der Waals surface area contributed by atoms with Gasteiger partial charge in [0.15, 0.2) is 11.6 Å². The minimum absolute atomic E-state index is 0.0276. The third-order valence-corrected chi connectivity index (χ3v) is 15.1. The first kappa shape index (κ1) is 50.5. The average molecular weight is 1030 g/mol. The van der Waals surface area contributed by atoms with Gasteiger partial charge in [-0.25, -0.2) is 41.1 Å². The smallest absolute Gasteiger partial charge is 0.407 e. The Kier molecular flexibility index (Phi) is 13.9. The van der Waals surface area contributed by atoms with Gasteiger partial charge in [0.05, 0.1) is 59.8 Å². The number of halogens is 6. The number of para-hydroxylation sites is 1. The van der Waals surface area contributed by atoms with E-state index < -0.39 is 65.2 Å². The number of fused-ring (bicyclic) bond motifs is 2. The number of methoxy groups -OCH3 is 1. The van der Waals surface area contributed by atoms with E-state index in [4.69, 9.17) is 14.7 Å². The van der Waals surface area contributed by atoms with Gasteiger partial charge in [0.25, 0.3) is 0 Å². The summed E-state index contributed by atoms with van der Waals surface area (Å²) in [5.41, 5.74) is 1.38. The molecule has 4 aliphatic rings. The van der Waals surface area contributed by atoms with Crippen molar-refractivity contribution in [2.75, 3.05) is 61.1 Å². The number of nitrogens with one attached hydrogen (secondary N) is 3. The zero-order valence-corrected chi connectivity index (χ0v) is 41.8. The van der Waals surface area contributed by atoms with Crippen LogP contribution in [0.1, 0.15) is 113 Å². The number of benzene rings is 4. The Labute approximate surface area is 424 Å². The highest BCUT2D eigenvalue weighted by Gasteiger charge is 2.42. The summed E-state index contributed by atoms with van der Waals surface area (Å²) in [5.74, 6) is -4.35. The largest absolute Gasteiger partial charge is 0.453 e. The molecule has 2 aromatic heterocycles. The maximum Gasteiger partial charge on any atom is 0.407 e. The molecule has 4 saturated heterocycles. The van der Waals surface area contributed by atoms with E-state index in [-0.39, 0.29) is 102 Å². The summed E-state index contributed by atoms with van der Waals surface area (Å²) in [6.45, 7) is 8.68. The molecule has 4 fully saturated rings. The molecule has 0 spiro atoms. The molecule has 6 aromatic rings. The zero-order chi connectivity index (χ0) is 52.3. The number of carbonyl (C=O) groups excluding carboxylic acids is 3. The second kappa shape index (κ2) is 20.4. The third-order valence-electron chi connectivity index (χ3n) is 15.1. The molecule has 5 atom stereocenters. The van der Waals surface area contributed by atoms with Crippen molar-refractivity contribution < 1.29 is 45.5 Å². The Hall–Kier alpha value is -6.99. The minimum Gasteiger partial charge on any atom is -0.453 e. The number of imidazole rings is 2. The Balaban J connectivity index is 1.000. The summed E-state index contributed by atoms with van der Waals surface area (Å²) in [6, 6.07) is 8.21. The number of aromatic amines is 2. The number of piperazine rings is 1. The SMILES string of the molecule is COC(=O)N[C@H](C(=O)N1CCC[C@H]1c1nc2cc(F)c([C@H]3CC[C@H](c4cc5[nH]c([C@@H]6CCCN6C(=O)[CH]C(C)C)nc5cc4F)N3c3cc(F)c(N4CCN(c5c(F)cccc5F)CC4)c(F)c3)cc2[nH]1)C(C)C. The standard InChI is InChI=1S/C54H59F6N10O4/c1-28(2)21-47(71)68-15-7-11-45(68)51-61-39-24-31(35(57)26-41(39)63-51)43-13-14-44(70(43)30-22-37(59)50(38(60)23-30)67-19-17-66(18-20-67)49-33(55)9-6-10-34(49)56)32-25-40-42(27-36(32)58)64-52(62-40)46-12-8-16-69(46)53(72)48(29(3)4)65-54(73)74-5/h6,9-10,21-29,43-46,48H,7-8,11-20H2,1-5H3,(H,61,63)(H,62,64)(H,65,73)/t43-,44-,45+,46+,48+/m1/s1. The van der Waals surface area contributed by atoms with Crippen LogP contribution in [-0.2, 0) is 14.3 Å². The highest BCUT2D eigenvalue weighted by molar-refractivity contribution is 5.87. The molecule has 391 valence electrons. The Morgan fingerprint density at radius 1 is 0.635 bits per heavy atom. The molecule has 0 unspecified atom stereocenters.